The predicted molar refractivity (Wildman–Crippen MR) is 86.2 cm³/mol. The number of benzene rings is 1. The molecule has 1 aliphatic heterocycles. The van der Waals surface area contributed by atoms with Crippen LogP contribution in [0.25, 0.3) is 0 Å². The number of rotatable bonds is 4. The summed E-state index contributed by atoms with van der Waals surface area (Å²) < 4.78 is 0. The van der Waals surface area contributed by atoms with Crippen molar-refractivity contribution < 1.29 is 14.7 Å². The molecule has 2 amide bonds. The molecular weight excluding hydrogens is 296 g/mol. The van der Waals surface area contributed by atoms with E-state index in [4.69, 9.17) is 11.1 Å². The van der Waals surface area contributed by atoms with E-state index in [1.54, 1.807) is 36.1 Å². The summed E-state index contributed by atoms with van der Waals surface area (Å²) in [4.78, 5) is 26.1. The molecule has 0 aliphatic carbocycles. The Kier molecular flexibility index (Phi) is 5.33. The molecule has 1 atom stereocenters. The number of nitrogens with one attached hydrogen (secondary N) is 2. The molecule has 0 saturated carbocycles. The van der Waals surface area contributed by atoms with Crippen LogP contribution in [-0.4, -0.2) is 52.9 Å². The van der Waals surface area contributed by atoms with Gasteiger partial charge in [-0.2, -0.15) is 0 Å². The monoisotopic (exact) mass is 318 g/mol. The lowest BCUT2D eigenvalue weighted by Crippen LogP contribution is -2.50. The van der Waals surface area contributed by atoms with Crippen molar-refractivity contribution >= 4 is 17.6 Å². The average Bonchev–Trinajstić information content (AvgIpc) is 2.54. The smallest absolute Gasteiger partial charge is 0.251 e. The molecule has 1 saturated heterocycles. The van der Waals surface area contributed by atoms with Crippen LogP contribution in [0.15, 0.2) is 24.3 Å². The van der Waals surface area contributed by atoms with Crippen molar-refractivity contribution in [2.75, 3.05) is 13.1 Å². The summed E-state index contributed by atoms with van der Waals surface area (Å²) in [5, 5.41) is 19.5. The van der Waals surface area contributed by atoms with Gasteiger partial charge in [0.1, 0.15) is 11.9 Å². The zero-order chi connectivity index (χ0) is 17.0. The number of aliphatic hydroxyl groups is 1. The highest BCUT2D eigenvalue weighted by atomic mass is 16.3. The number of nitrogens with two attached hydrogens (primary N) is 1. The van der Waals surface area contributed by atoms with Crippen LogP contribution in [0.3, 0.4) is 0 Å². The molecule has 7 heteroatoms. The molecule has 5 N–H and O–H groups in total. The molecule has 0 radical (unpaired) electrons. The minimum absolute atomic E-state index is 0.0622. The van der Waals surface area contributed by atoms with E-state index in [9.17, 15) is 14.7 Å². The van der Waals surface area contributed by atoms with Gasteiger partial charge in [0, 0.05) is 24.2 Å². The highest BCUT2D eigenvalue weighted by Gasteiger charge is 2.26. The Labute approximate surface area is 135 Å². The molecule has 124 valence electrons. The number of carbonyl (C=O) groups is 2. The topological polar surface area (TPSA) is 120 Å². The van der Waals surface area contributed by atoms with Gasteiger partial charge in [-0.25, -0.2) is 0 Å². The first-order chi connectivity index (χ1) is 10.9. The van der Waals surface area contributed by atoms with Crippen LogP contribution in [0.1, 0.15) is 35.7 Å². The summed E-state index contributed by atoms with van der Waals surface area (Å²) in [7, 11) is 0. The third-order valence-electron chi connectivity index (χ3n) is 3.95. The van der Waals surface area contributed by atoms with Gasteiger partial charge in [-0.1, -0.05) is 12.1 Å². The van der Waals surface area contributed by atoms with Gasteiger partial charge in [-0.05, 0) is 31.9 Å². The summed E-state index contributed by atoms with van der Waals surface area (Å²) in [6.07, 6.45) is 0.793. The van der Waals surface area contributed by atoms with Crippen molar-refractivity contribution in [1.29, 1.82) is 5.41 Å². The zero-order valence-electron chi connectivity index (χ0n) is 13.1. The van der Waals surface area contributed by atoms with Crippen molar-refractivity contribution in [2.45, 2.75) is 31.9 Å². The van der Waals surface area contributed by atoms with Gasteiger partial charge < -0.3 is 21.1 Å². The maximum Gasteiger partial charge on any atom is 0.251 e. The van der Waals surface area contributed by atoms with Gasteiger partial charge in [0.2, 0.25) is 5.91 Å². The number of likely N-dealkylation sites (tertiary alicyclic amines) is 1. The lowest BCUT2D eigenvalue weighted by molar-refractivity contribution is -0.134. The molecule has 2 rings (SSSR count). The number of amidine groups is 1. The Morgan fingerprint density at radius 1 is 1.26 bits per heavy atom. The Morgan fingerprint density at radius 3 is 2.30 bits per heavy atom. The Balaban J connectivity index is 1.93. The van der Waals surface area contributed by atoms with E-state index in [1.807, 2.05) is 0 Å². The number of hydrogen-bond donors (Lipinski definition) is 4. The summed E-state index contributed by atoms with van der Waals surface area (Å²) >= 11 is 0. The fourth-order valence-electron chi connectivity index (χ4n) is 2.50. The number of amides is 2. The third-order valence-corrected chi connectivity index (χ3v) is 3.95. The molecule has 0 aromatic heterocycles. The molecule has 0 spiro atoms. The van der Waals surface area contributed by atoms with Gasteiger partial charge in [0.15, 0.2) is 0 Å². The van der Waals surface area contributed by atoms with Crippen molar-refractivity contribution in [3.8, 4) is 0 Å². The van der Waals surface area contributed by atoms with Crippen molar-refractivity contribution in [3.05, 3.63) is 35.4 Å². The van der Waals surface area contributed by atoms with Crippen LogP contribution in [0.4, 0.5) is 0 Å². The van der Waals surface area contributed by atoms with Crippen LogP contribution in [0.2, 0.25) is 0 Å². The van der Waals surface area contributed by atoms with E-state index < -0.39 is 6.04 Å². The number of piperidine rings is 1. The SMILES string of the molecule is C[C@H](NC(=O)c1ccc(C(=N)N)cc1)C(=O)N1CCC(O)CC1. The molecule has 7 nitrogen and oxygen atoms in total. The van der Waals surface area contributed by atoms with Gasteiger partial charge in [-0.15, -0.1) is 0 Å². The molecular formula is C16H22N4O3. The second-order valence-corrected chi connectivity index (χ2v) is 5.74. The van der Waals surface area contributed by atoms with Gasteiger partial charge in [0.05, 0.1) is 6.10 Å². The first kappa shape index (κ1) is 17.0. The minimum atomic E-state index is -0.634. The lowest BCUT2D eigenvalue weighted by Gasteiger charge is -2.31. The maximum absolute atomic E-state index is 12.3. The summed E-state index contributed by atoms with van der Waals surface area (Å²) in [5.74, 6) is -0.559. The summed E-state index contributed by atoms with van der Waals surface area (Å²) in [6.45, 7) is 2.66. The van der Waals surface area contributed by atoms with Crippen LogP contribution < -0.4 is 11.1 Å². The Morgan fingerprint density at radius 2 is 1.78 bits per heavy atom. The molecule has 1 aromatic carbocycles. The van der Waals surface area contributed by atoms with Crippen LogP contribution in [-0.2, 0) is 4.79 Å². The van der Waals surface area contributed by atoms with E-state index in [0.29, 0.717) is 37.1 Å². The largest absolute Gasteiger partial charge is 0.393 e. The molecule has 1 fully saturated rings. The molecule has 23 heavy (non-hydrogen) atoms. The molecule has 1 aliphatic rings. The Hall–Kier alpha value is -2.41. The molecule has 1 heterocycles. The quantitative estimate of drug-likeness (QED) is 0.464. The lowest BCUT2D eigenvalue weighted by atomic mass is 10.1. The van der Waals surface area contributed by atoms with Gasteiger partial charge in [-0.3, -0.25) is 15.0 Å². The molecule has 0 bridgehead atoms. The average molecular weight is 318 g/mol. The number of nitrogen functional groups attached to an aromatic ring is 1. The third kappa shape index (κ3) is 4.29. The van der Waals surface area contributed by atoms with Crippen LogP contribution >= 0.6 is 0 Å². The van der Waals surface area contributed by atoms with E-state index in [2.05, 4.69) is 5.32 Å². The van der Waals surface area contributed by atoms with E-state index in [0.717, 1.165) is 0 Å². The summed E-state index contributed by atoms with van der Waals surface area (Å²) in [6, 6.07) is 5.69. The van der Waals surface area contributed by atoms with Crippen LogP contribution in [0, 0.1) is 5.41 Å². The second-order valence-electron chi connectivity index (χ2n) is 5.74. The highest BCUT2D eigenvalue weighted by Crippen LogP contribution is 2.11. The van der Waals surface area contributed by atoms with Crippen LogP contribution in [0.5, 0.6) is 0 Å². The number of nitrogens with zero attached hydrogens (tertiary/aromatic N) is 1. The number of hydrogen-bond acceptors (Lipinski definition) is 4. The van der Waals surface area contributed by atoms with Gasteiger partial charge >= 0.3 is 0 Å². The fourth-order valence-corrected chi connectivity index (χ4v) is 2.50. The fraction of sp³-hybridized carbons (Fsp3) is 0.438. The zero-order valence-corrected chi connectivity index (χ0v) is 13.1. The predicted octanol–water partition coefficient (Wildman–Crippen LogP) is 0.0723. The normalized spacial score (nSPS) is 16.7. The van der Waals surface area contributed by atoms with Crippen molar-refractivity contribution in [2.24, 2.45) is 5.73 Å². The second kappa shape index (κ2) is 7.23. The first-order valence-corrected chi connectivity index (χ1v) is 7.60. The first-order valence-electron chi connectivity index (χ1n) is 7.60. The van der Waals surface area contributed by atoms with E-state index in [-0.39, 0.29) is 23.8 Å². The number of aliphatic hydroxyl groups excluding tert-OH is 1. The number of carbonyl (C=O) groups excluding carboxylic acids is 2. The highest BCUT2D eigenvalue weighted by molar-refractivity contribution is 5.99. The van der Waals surface area contributed by atoms with Crippen molar-refractivity contribution in [1.82, 2.24) is 10.2 Å². The van der Waals surface area contributed by atoms with E-state index >= 15 is 0 Å². The minimum Gasteiger partial charge on any atom is -0.393 e. The molecule has 1 aromatic rings. The van der Waals surface area contributed by atoms with Gasteiger partial charge in [0.25, 0.3) is 5.91 Å². The van der Waals surface area contributed by atoms with E-state index in [1.165, 1.54) is 0 Å². The van der Waals surface area contributed by atoms with Crippen molar-refractivity contribution in [3.63, 3.8) is 0 Å². The molecule has 0 unspecified atom stereocenters. The maximum atomic E-state index is 12.3. The standard InChI is InChI=1S/C16H22N4O3/c1-10(16(23)20-8-6-13(21)7-9-20)19-15(22)12-4-2-11(3-5-12)14(17)18/h2-5,10,13,21H,6-9H2,1H3,(H3,17,18)(H,19,22)/t10-/m0/s1. The Bertz CT molecular complexity index is 592. The summed E-state index contributed by atoms with van der Waals surface area (Å²) in [5.41, 5.74) is 6.31.